The summed E-state index contributed by atoms with van der Waals surface area (Å²) in [6.45, 7) is 1.04. The van der Waals surface area contributed by atoms with Gasteiger partial charge in [-0.1, -0.05) is 15.9 Å². The molecule has 0 amide bonds. The lowest BCUT2D eigenvalue weighted by atomic mass is 10.2. The Morgan fingerprint density at radius 2 is 2.17 bits per heavy atom. The van der Waals surface area contributed by atoms with Crippen LogP contribution in [0.2, 0.25) is 0 Å². The number of carbonyl (C=O) groups is 1. The molecule has 0 N–H and O–H groups in total. The van der Waals surface area contributed by atoms with Crippen LogP contribution < -0.4 is 9.47 Å². The van der Waals surface area contributed by atoms with Crippen LogP contribution >= 0.6 is 44.4 Å². The largest absolute Gasteiger partial charge is 0.474 e. The maximum atomic E-state index is 11.0. The molecule has 0 aliphatic rings. The summed E-state index contributed by atoms with van der Waals surface area (Å²) in [4.78, 5) is 15.2. The van der Waals surface area contributed by atoms with Crippen LogP contribution in [-0.4, -0.2) is 24.5 Å². The number of hydrogen-bond donors (Lipinski definition) is 0. The Morgan fingerprint density at radius 3 is 2.88 bits per heavy atom. The molecule has 2 aromatic rings. The third kappa shape index (κ3) is 5.38. The van der Waals surface area contributed by atoms with Crippen LogP contribution in [0.4, 0.5) is 0 Å². The standard InChI is InChI=1S/C15H11BrIN2O4P/c16-13-3-2-12(7-11(13)9-20)23-14-4-1-10(8-18)15(19-14)21-5-6-22-24-17/h1-4,7,9,24H,5-6H2. The fourth-order valence-electron chi connectivity index (χ4n) is 1.69. The summed E-state index contributed by atoms with van der Waals surface area (Å²) in [5, 5.41) is 9.11. The summed E-state index contributed by atoms with van der Waals surface area (Å²) < 4.78 is 17.0. The number of halogens is 2. The van der Waals surface area contributed by atoms with Crippen LogP contribution in [0.5, 0.6) is 17.5 Å². The highest BCUT2D eigenvalue weighted by Gasteiger charge is 2.09. The zero-order chi connectivity index (χ0) is 17.4. The summed E-state index contributed by atoms with van der Waals surface area (Å²) in [5.41, 5.74) is 0.776. The number of rotatable bonds is 8. The van der Waals surface area contributed by atoms with E-state index in [2.05, 4.69) is 43.0 Å². The van der Waals surface area contributed by atoms with Gasteiger partial charge in [0, 0.05) is 16.1 Å². The molecule has 0 saturated carbocycles. The molecule has 1 heterocycles. The van der Waals surface area contributed by atoms with Gasteiger partial charge in [-0.25, -0.2) is 0 Å². The highest BCUT2D eigenvalue weighted by molar-refractivity contribution is 14.2. The van der Waals surface area contributed by atoms with E-state index in [1.54, 1.807) is 30.3 Å². The number of carbonyl (C=O) groups excluding carboxylic acids is 1. The number of hydrogen-bond acceptors (Lipinski definition) is 6. The Labute approximate surface area is 162 Å². The maximum absolute atomic E-state index is 11.0. The molecule has 1 aromatic carbocycles. The molecule has 6 nitrogen and oxygen atoms in total. The minimum Gasteiger partial charge on any atom is -0.474 e. The van der Waals surface area contributed by atoms with Gasteiger partial charge in [0.2, 0.25) is 11.8 Å². The van der Waals surface area contributed by atoms with E-state index in [1.165, 1.54) is 0 Å². The smallest absolute Gasteiger partial charge is 0.235 e. The first-order valence-electron chi connectivity index (χ1n) is 6.62. The average molecular weight is 521 g/mol. The quantitative estimate of drug-likeness (QED) is 0.218. The van der Waals surface area contributed by atoms with Gasteiger partial charge in [-0.15, -0.1) is 0 Å². The number of aromatic nitrogens is 1. The minimum atomic E-state index is 0.183. The van der Waals surface area contributed by atoms with Crippen LogP contribution in [0, 0.1) is 11.3 Å². The molecule has 9 heteroatoms. The summed E-state index contributed by atoms with van der Waals surface area (Å²) in [7, 11) is 0. The van der Waals surface area contributed by atoms with Gasteiger partial charge in [-0.3, -0.25) is 4.79 Å². The molecule has 1 atom stereocenters. The third-order valence-electron chi connectivity index (χ3n) is 2.75. The molecule has 1 aromatic heterocycles. The highest BCUT2D eigenvalue weighted by atomic mass is 127. The van der Waals surface area contributed by atoms with Crippen molar-refractivity contribution >= 4 is 50.7 Å². The lowest BCUT2D eigenvalue weighted by Crippen LogP contribution is -2.06. The third-order valence-corrected chi connectivity index (χ3v) is 4.72. The van der Waals surface area contributed by atoms with E-state index in [0.717, 1.165) is 6.29 Å². The Bertz CT molecular complexity index is 770. The maximum Gasteiger partial charge on any atom is 0.235 e. The van der Waals surface area contributed by atoms with E-state index >= 15 is 0 Å². The van der Waals surface area contributed by atoms with Crippen LogP contribution in [0.3, 0.4) is 0 Å². The molecule has 0 aliphatic heterocycles. The topological polar surface area (TPSA) is 81.4 Å². The number of pyridine rings is 1. The van der Waals surface area contributed by atoms with Gasteiger partial charge in [-0.05, 0) is 46.3 Å². The molecule has 24 heavy (non-hydrogen) atoms. The number of aldehydes is 1. The highest BCUT2D eigenvalue weighted by Crippen LogP contribution is 2.27. The van der Waals surface area contributed by atoms with Crippen molar-refractivity contribution in [1.82, 2.24) is 4.98 Å². The van der Waals surface area contributed by atoms with Crippen LogP contribution in [0.25, 0.3) is 0 Å². The molecule has 0 saturated heterocycles. The van der Waals surface area contributed by atoms with Gasteiger partial charge in [0.1, 0.15) is 24.0 Å². The van der Waals surface area contributed by atoms with E-state index in [9.17, 15) is 4.79 Å². The Morgan fingerprint density at radius 1 is 1.33 bits per heavy atom. The Balaban J connectivity index is 2.16. The van der Waals surface area contributed by atoms with Gasteiger partial charge >= 0.3 is 0 Å². The molecule has 0 spiro atoms. The van der Waals surface area contributed by atoms with Crippen molar-refractivity contribution in [2.75, 3.05) is 13.2 Å². The van der Waals surface area contributed by atoms with Crippen LogP contribution in [0.1, 0.15) is 15.9 Å². The minimum absolute atomic E-state index is 0.183. The number of ether oxygens (including phenoxy) is 2. The lowest BCUT2D eigenvalue weighted by Gasteiger charge is -2.10. The molecular formula is C15H11BrIN2O4P. The first kappa shape index (κ1) is 19.1. The predicted octanol–water partition coefficient (Wildman–Crippen LogP) is 4.66. The van der Waals surface area contributed by atoms with Crippen molar-refractivity contribution in [1.29, 1.82) is 5.26 Å². The van der Waals surface area contributed by atoms with Gasteiger partial charge in [0.15, 0.2) is 6.29 Å². The Hall–Kier alpha value is -1.27. The molecule has 0 radical (unpaired) electrons. The number of benzene rings is 1. The van der Waals surface area contributed by atoms with E-state index in [-0.39, 0.29) is 18.4 Å². The molecule has 124 valence electrons. The lowest BCUT2D eigenvalue weighted by molar-refractivity contribution is 0.112. The normalized spacial score (nSPS) is 10.5. The van der Waals surface area contributed by atoms with Crippen LogP contribution in [-0.2, 0) is 4.52 Å². The number of nitriles is 1. The summed E-state index contributed by atoms with van der Waals surface area (Å²) in [5.74, 6) is 0.904. The first-order chi connectivity index (χ1) is 11.7. The second kappa shape index (κ2) is 9.89. The second-order valence-electron chi connectivity index (χ2n) is 4.29. The fraction of sp³-hybridized carbons (Fsp3) is 0.133. The van der Waals surface area contributed by atoms with Gasteiger partial charge in [-0.2, -0.15) is 10.2 Å². The number of nitrogens with zero attached hydrogens (tertiary/aromatic N) is 2. The van der Waals surface area contributed by atoms with E-state index in [0.29, 0.717) is 34.4 Å². The molecular weight excluding hydrogens is 510 g/mol. The van der Waals surface area contributed by atoms with E-state index < -0.39 is 0 Å². The van der Waals surface area contributed by atoms with Gasteiger partial charge in [0.25, 0.3) is 0 Å². The fourth-order valence-corrected chi connectivity index (χ4v) is 2.85. The van der Waals surface area contributed by atoms with Crippen molar-refractivity contribution in [3.8, 4) is 23.6 Å². The molecule has 0 fully saturated rings. The zero-order valence-corrected chi connectivity index (χ0v) is 16.9. The zero-order valence-electron chi connectivity index (χ0n) is 12.2. The molecule has 0 aliphatic carbocycles. The predicted molar refractivity (Wildman–Crippen MR) is 102 cm³/mol. The summed E-state index contributed by atoms with van der Waals surface area (Å²) in [6, 6.07) is 10.2. The average Bonchev–Trinajstić information content (AvgIpc) is 2.60. The first-order valence-corrected chi connectivity index (χ1v) is 11.4. The summed E-state index contributed by atoms with van der Waals surface area (Å²) in [6.07, 6.45) is 0.728. The van der Waals surface area contributed by atoms with Crippen molar-refractivity contribution < 1.29 is 18.8 Å². The Kier molecular flexibility index (Phi) is 7.85. The van der Waals surface area contributed by atoms with Gasteiger partial charge < -0.3 is 14.0 Å². The summed E-state index contributed by atoms with van der Waals surface area (Å²) >= 11 is 5.39. The second-order valence-corrected chi connectivity index (χ2v) is 6.91. The molecule has 0 bridgehead atoms. The van der Waals surface area contributed by atoms with Crippen LogP contribution in [0.15, 0.2) is 34.8 Å². The van der Waals surface area contributed by atoms with Gasteiger partial charge in [0.05, 0.1) is 13.1 Å². The van der Waals surface area contributed by atoms with Crippen molar-refractivity contribution in [2.24, 2.45) is 0 Å². The van der Waals surface area contributed by atoms with E-state index in [1.807, 2.05) is 6.07 Å². The molecule has 2 rings (SSSR count). The van der Waals surface area contributed by atoms with Crippen molar-refractivity contribution in [3.63, 3.8) is 0 Å². The molecule has 1 unspecified atom stereocenters. The van der Waals surface area contributed by atoms with Crippen molar-refractivity contribution in [2.45, 2.75) is 0 Å². The SMILES string of the molecule is N#Cc1ccc(Oc2ccc(Br)c(C=O)c2)nc1OCCOPI. The monoisotopic (exact) mass is 520 g/mol. The van der Waals surface area contributed by atoms with E-state index in [4.69, 9.17) is 19.3 Å². The van der Waals surface area contributed by atoms with Crippen molar-refractivity contribution in [3.05, 3.63) is 45.9 Å².